The smallest absolute Gasteiger partial charge is 0.150 e. The van der Waals surface area contributed by atoms with Crippen LogP contribution in [0.3, 0.4) is 0 Å². The number of anilines is 2. The summed E-state index contributed by atoms with van der Waals surface area (Å²) in [5, 5.41) is 0. The van der Waals surface area contributed by atoms with Crippen molar-refractivity contribution < 1.29 is 4.79 Å². The summed E-state index contributed by atoms with van der Waals surface area (Å²) in [6, 6.07) is 14.4. The van der Waals surface area contributed by atoms with Crippen LogP contribution in [0.2, 0.25) is 0 Å². The minimum atomic E-state index is 0.698. The zero-order valence-corrected chi connectivity index (χ0v) is 12.8. The number of carbonyl (C=O) groups excluding carboxylic acids is 1. The highest BCUT2D eigenvalue weighted by Crippen LogP contribution is 2.36. The van der Waals surface area contributed by atoms with Gasteiger partial charge in [0.05, 0.1) is 5.69 Å². The van der Waals surface area contributed by atoms with E-state index in [4.69, 9.17) is 0 Å². The Morgan fingerprint density at radius 2 is 1.90 bits per heavy atom. The van der Waals surface area contributed by atoms with E-state index in [0.717, 1.165) is 29.4 Å². The van der Waals surface area contributed by atoms with E-state index in [1.807, 2.05) is 18.2 Å². The average molecular weight is 330 g/mol. The second-order valence-electron chi connectivity index (χ2n) is 5.07. The molecule has 1 aliphatic heterocycles. The summed E-state index contributed by atoms with van der Waals surface area (Å²) in [6.45, 7) is 1.01. The molecule has 0 N–H and O–H groups in total. The number of fused-ring (bicyclic) bond motifs is 1. The summed E-state index contributed by atoms with van der Waals surface area (Å²) < 4.78 is 0.971. The molecule has 102 valence electrons. The molecule has 2 aromatic carbocycles. The fraction of sp³-hybridized carbons (Fsp3) is 0.235. The van der Waals surface area contributed by atoms with Crippen LogP contribution in [0.1, 0.15) is 28.8 Å². The molecule has 0 aliphatic carbocycles. The average Bonchev–Trinajstić information content (AvgIpc) is 2.69. The summed E-state index contributed by atoms with van der Waals surface area (Å²) in [4.78, 5) is 13.2. The quantitative estimate of drug-likeness (QED) is 0.742. The fourth-order valence-corrected chi connectivity index (χ4v) is 3.37. The Bertz CT molecular complexity index is 639. The molecule has 3 heteroatoms. The van der Waals surface area contributed by atoms with Crippen LogP contribution in [0.25, 0.3) is 0 Å². The fourth-order valence-electron chi connectivity index (χ4n) is 2.76. The largest absolute Gasteiger partial charge is 0.340 e. The first-order chi connectivity index (χ1) is 9.79. The van der Waals surface area contributed by atoms with E-state index in [-0.39, 0.29) is 0 Å². The minimum absolute atomic E-state index is 0.698. The number of para-hydroxylation sites is 1. The monoisotopic (exact) mass is 329 g/mol. The Morgan fingerprint density at radius 3 is 2.70 bits per heavy atom. The van der Waals surface area contributed by atoms with Gasteiger partial charge in [0.15, 0.2) is 0 Å². The van der Waals surface area contributed by atoms with Crippen LogP contribution in [0.15, 0.2) is 46.9 Å². The molecule has 1 heterocycles. The van der Waals surface area contributed by atoms with E-state index < -0.39 is 0 Å². The van der Waals surface area contributed by atoms with Gasteiger partial charge in [-0.25, -0.2) is 0 Å². The number of aryl methyl sites for hydroxylation is 1. The highest BCUT2D eigenvalue weighted by atomic mass is 79.9. The van der Waals surface area contributed by atoms with Crippen molar-refractivity contribution in [1.82, 2.24) is 0 Å². The molecule has 0 radical (unpaired) electrons. The highest BCUT2D eigenvalue weighted by Gasteiger charge is 2.18. The summed E-state index contributed by atoms with van der Waals surface area (Å²) in [7, 11) is 0. The lowest BCUT2D eigenvalue weighted by molar-refractivity contribution is 0.112. The molecule has 0 amide bonds. The summed E-state index contributed by atoms with van der Waals surface area (Å²) in [6.07, 6.45) is 4.41. The topological polar surface area (TPSA) is 20.3 Å². The van der Waals surface area contributed by atoms with Gasteiger partial charge in [0.2, 0.25) is 0 Å². The van der Waals surface area contributed by atoms with Crippen molar-refractivity contribution in [2.45, 2.75) is 19.3 Å². The molecule has 0 saturated heterocycles. The van der Waals surface area contributed by atoms with Gasteiger partial charge in [-0.15, -0.1) is 0 Å². The van der Waals surface area contributed by atoms with Gasteiger partial charge in [0.1, 0.15) is 6.29 Å². The van der Waals surface area contributed by atoms with Crippen molar-refractivity contribution in [2.24, 2.45) is 0 Å². The Morgan fingerprint density at radius 1 is 1.05 bits per heavy atom. The predicted octanol–water partition coefficient (Wildman–Crippen LogP) is 4.74. The molecule has 0 spiro atoms. The highest BCUT2D eigenvalue weighted by molar-refractivity contribution is 9.10. The molecule has 2 aromatic rings. The van der Waals surface area contributed by atoms with Gasteiger partial charge in [-0.2, -0.15) is 0 Å². The number of nitrogens with zero attached hydrogens (tertiary/aromatic N) is 1. The van der Waals surface area contributed by atoms with Crippen LogP contribution in [-0.4, -0.2) is 12.8 Å². The van der Waals surface area contributed by atoms with E-state index in [1.165, 1.54) is 24.1 Å². The maximum Gasteiger partial charge on any atom is 0.150 e. The third-order valence-electron chi connectivity index (χ3n) is 3.76. The molecular weight excluding hydrogens is 314 g/mol. The van der Waals surface area contributed by atoms with Crippen molar-refractivity contribution in [1.29, 1.82) is 0 Å². The Hall–Kier alpha value is -1.61. The zero-order chi connectivity index (χ0) is 13.9. The molecule has 0 saturated carbocycles. The first-order valence-electron chi connectivity index (χ1n) is 6.90. The zero-order valence-electron chi connectivity index (χ0n) is 11.2. The lowest BCUT2D eigenvalue weighted by Gasteiger charge is -2.26. The van der Waals surface area contributed by atoms with Gasteiger partial charge in [-0.1, -0.05) is 18.2 Å². The van der Waals surface area contributed by atoms with Gasteiger partial charge in [0, 0.05) is 22.3 Å². The van der Waals surface area contributed by atoms with Crippen LogP contribution in [0.5, 0.6) is 0 Å². The number of carbonyl (C=O) groups is 1. The number of hydrogen-bond acceptors (Lipinski definition) is 2. The Balaban J connectivity index is 2.07. The van der Waals surface area contributed by atoms with Gasteiger partial charge in [-0.3, -0.25) is 4.79 Å². The maximum atomic E-state index is 10.9. The van der Waals surface area contributed by atoms with Crippen LogP contribution in [0.4, 0.5) is 11.4 Å². The Kier molecular flexibility index (Phi) is 3.88. The van der Waals surface area contributed by atoms with Crippen molar-refractivity contribution in [3.8, 4) is 0 Å². The standard InChI is InChI=1S/C17H16BrNO/c18-15-11-13(12-20)8-9-17(15)19-10-4-3-6-14-5-1-2-7-16(14)19/h1-2,5,7-9,11-12H,3-4,6,10H2. The SMILES string of the molecule is O=Cc1ccc(N2CCCCc3ccccc32)c(Br)c1. The number of halogens is 1. The minimum Gasteiger partial charge on any atom is -0.340 e. The lowest BCUT2D eigenvalue weighted by Crippen LogP contribution is -2.18. The second-order valence-corrected chi connectivity index (χ2v) is 5.92. The second kappa shape index (κ2) is 5.80. The number of rotatable bonds is 2. The van der Waals surface area contributed by atoms with Crippen molar-refractivity contribution in [2.75, 3.05) is 11.4 Å². The summed E-state index contributed by atoms with van der Waals surface area (Å²) in [5.74, 6) is 0. The van der Waals surface area contributed by atoms with Crippen LogP contribution in [-0.2, 0) is 6.42 Å². The molecule has 1 aliphatic rings. The molecular formula is C17H16BrNO. The molecule has 0 atom stereocenters. The number of hydrogen-bond donors (Lipinski definition) is 0. The van der Waals surface area contributed by atoms with Crippen LogP contribution < -0.4 is 4.90 Å². The summed E-state index contributed by atoms with van der Waals surface area (Å²) >= 11 is 3.60. The molecule has 20 heavy (non-hydrogen) atoms. The van der Waals surface area contributed by atoms with E-state index in [2.05, 4.69) is 45.1 Å². The molecule has 2 nitrogen and oxygen atoms in total. The van der Waals surface area contributed by atoms with Crippen LogP contribution in [0, 0.1) is 0 Å². The first kappa shape index (κ1) is 13.4. The third kappa shape index (κ3) is 2.50. The van der Waals surface area contributed by atoms with E-state index in [0.29, 0.717) is 5.56 Å². The van der Waals surface area contributed by atoms with Gasteiger partial charge in [-0.05, 0) is 65.0 Å². The third-order valence-corrected chi connectivity index (χ3v) is 4.39. The predicted molar refractivity (Wildman–Crippen MR) is 85.9 cm³/mol. The molecule has 0 aromatic heterocycles. The van der Waals surface area contributed by atoms with Gasteiger partial charge in [0.25, 0.3) is 0 Å². The van der Waals surface area contributed by atoms with Crippen molar-refractivity contribution >= 4 is 33.6 Å². The van der Waals surface area contributed by atoms with E-state index >= 15 is 0 Å². The number of benzene rings is 2. The molecule has 0 unspecified atom stereocenters. The summed E-state index contributed by atoms with van der Waals surface area (Å²) in [5.41, 5.74) is 4.51. The lowest BCUT2D eigenvalue weighted by atomic mass is 10.1. The number of aldehydes is 1. The van der Waals surface area contributed by atoms with Gasteiger partial charge >= 0.3 is 0 Å². The normalized spacial score (nSPS) is 14.6. The molecule has 3 rings (SSSR count). The first-order valence-corrected chi connectivity index (χ1v) is 7.69. The van der Waals surface area contributed by atoms with E-state index in [1.54, 1.807) is 0 Å². The maximum absolute atomic E-state index is 10.9. The van der Waals surface area contributed by atoms with Crippen LogP contribution >= 0.6 is 15.9 Å². The molecule has 0 bridgehead atoms. The Labute approximate surface area is 127 Å². The van der Waals surface area contributed by atoms with E-state index in [9.17, 15) is 4.79 Å². The van der Waals surface area contributed by atoms with Gasteiger partial charge < -0.3 is 4.90 Å². The van der Waals surface area contributed by atoms with Crippen molar-refractivity contribution in [3.05, 3.63) is 58.1 Å². The molecule has 0 fully saturated rings. The van der Waals surface area contributed by atoms with Crippen molar-refractivity contribution in [3.63, 3.8) is 0 Å².